The topological polar surface area (TPSA) is 37.8 Å². The molecule has 0 saturated carbocycles. The van der Waals surface area contributed by atoms with Gasteiger partial charge in [-0.1, -0.05) is 41.9 Å². The van der Waals surface area contributed by atoms with Gasteiger partial charge in [-0.2, -0.15) is 0 Å². The molecule has 3 rings (SSSR count). The van der Waals surface area contributed by atoms with Crippen molar-refractivity contribution in [2.45, 2.75) is 6.54 Å². The second kappa shape index (κ2) is 4.92. The second-order valence-corrected chi connectivity index (χ2v) is 5.21. The van der Waals surface area contributed by atoms with Crippen LogP contribution in [0.15, 0.2) is 41.8 Å². The molecule has 2 aromatic heterocycles. The molecule has 2 heterocycles. The van der Waals surface area contributed by atoms with E-state index in [9.17, 15) is 0 Å². The van der Waals surface area contributed by atoms with Crippen molar-refractivity contribution in [1.29, 1.82) is 0 Å². The van der Waals surface area contributed by atoms with Gasteiger partial charge in [0.05, 0.1) is 6.54 Å². The van der Waals surface area contributed by atoms with Crippen LogP contribution in [-0.2, 0) is 6.54 Å². The molecule has 1 N–H and O–H groups in total. The molecule has 0 aliphatic heterocycles. The maximum atomic E-state index is 6.03. The van der Waals surface area contributed by atoms with Crippen molar-refractivity contribution in [2.24, 2.45) is 0 Å². The SMILES string of the molecule is Clc1nnc(NCc2cccs2)c2ccccc12. The Bertz CT molecular complexity index is 667. The molecule has 0 radical (unpaired) electrons. The zero-order chi connectivity index (χ0) is 12.4. The van der Waals surface area contributed by atoms with Gasteiger partial charge in [0.2, 0.25) is 0 Å². The molecule has 3 nitrogen and oxygen atoms in total. The van der Waals surface area contributed by atoms with Crippen molar-refractivity contribution in [3.8, 4) is 0 Å². The maximum absolute atomic E-state index is 6.03. The van der Waals surface area contributed by atoms with Crippen molar-refractivity contribution >= 4 is 39.5 Å². The van der Waals surface area contributed by atoms with Crippen LogP contribution in [0.4, 0.5) is 5.82 Å². The molecule has 18 heavy (non-hydrogen) atoms. The molecule has 0 fully saturated rings. The van der Waals surface area contributed by atoms with Crippen LogP contribution >= 0.6 is 22.9 Å². The zero-order valence-electron chi connectivity index (χ0n) is 9.43. The highest BCUT2D eigenvalue weighted by molar-refractivity contribution is 7.09. The minimum absolute atomic E-state index is 0.437. The normalized spacial score (nSPS) is 10.7. The van der Waals surface area contributed by atoms with Crippen molar-refractivity contribution in [3.63, 3.8) is 0 Å². The van der Waals surface area contributed by atoms with Gasteiger partial charge in [-0.3, -0.25) is 0 Å². The zero-order valence-corrected chi connectivity index (χ0v) is 11.0. The minimum Gasteiger partial charge on any atom is -0.363 e. The quantitative estimate of drug-likeness (QED) is 0.786. The lowest BCUT2D eigenvalue weighted by Crippen LogP contribution is -2.02. The fraction of sp³-hybridized carbons (Fsp3) is 0.0769. The van der Waals surface area contributed by atoms with E-state index in [2.05, 4.69) is 27.0 Å². The summed E-state index contributed by atoms with van der Waals surface area (Å²) in [6.45, 7) is 0.748. The third-order valence-corrected chi connectivity index (χ3v) is 3.81. The van der Waals surface area contributed by atoms with Crippen molar-refractivity contribution < 1.29 is 0 Å². The van der Waals surface area contributed by atoms with E-state index in [1.807, 2.05) is 30.3 Å². The van der Waals surface area contributed by atoms with E-state index < -0.39 is 0 Å². The summed E-state index contributed by atoms with van der Waals surface area (Å²) < 4.78 is 0. The Kier molecular flexibility index (Phi) is 3.13. The highest BCUT2D eigenvalue weighted by atomic mass is 35.5. The van der Waals surface area contributed by atoms with Gasteiger partial charge < -0.3 is 5.32 Å². The number of nitrogens with one attached hydrogen (secondary N) is 1. The molecule has 0 aliphatic carbocycles. The minimum atomic E-state index is 0.437. The number of thiophene rings is 1. The molecule has 0 unspecified atom stereocenters. The van der Waals surface area contributed by atoms with E-state index in [0.29, 0.717) is 5.15 Å². The van der Waals surface area contributed by atoms with E-state index >= 15 is 0 Å². The van der Waals surface area contributed by atoms with Crippen LogP contribution in [0, 0.1) is 0 Å². The smallest absolute Gasteiger partial charge is 0.159 e. The van der Waals surface area contributed by atoms with Gasteiger partial charge in [0.25, 0.3) is 0 Å². The third-order valence-electron chi connectivity index (χ3n) is 2.65. The van der Waals surface area contributed by atoms with Gasteiger partial charge in [-0.25, -0.2) is 0 Å². The first-order chi connectivity index (χ1) is 8.84. The molecule has 5 heteroatoms. The Morgan fingerprint density at radius 2 is 1.89 bits per heavy atom. The predicted octanol–water partition coefficient (Wildman–Crippen LogP) is 3.96. The predicted molar refractivity (Wildman–Crippen MR) is 76.2 cm³/mol. The Morgan fingerprint density at radius 3 is 2.67 bits per heavy atom. The standard InChI is InChI=1S/C13H10ClN3S/c14-12-10-5-1-2-6-11(10)13(17-16-12)15-8-9-4-3-7-18-9/h1-7H,8H2,(H,15,17). The largest absolute Gasteiger partial charge is 0.363 e. The van der Waals surface area contributed by atoms with E-state index in [1.165, 1.54) is 4.88 Å². The number of hydrogen-bond acceptors (Lipinski definition) is 4. The first-order valence-electron chi connectivity index (χ1n) is 5.52. The summed E-state index contributed by atoms with van der Waals surface area (Å²) in [4.78, 5) is 1.26. The van der Waals surface area contributed by atoms with E-state index in [1.54, 1.807) is 11.3 Å². The van der Waals surface area contributed by atoms with Crippen LogP contribution in [0.5, 0.6) is 0 Å². The number of benzene rings is 1. The summed E-state index contributed by atoms with van der Waals surface area (Å²) in [6.07, 6.45) is 0. The third kappa shape index (κ3) is 2.17. The average molecular weight is 276 g/mol. The first-order valence-corrected chi connectivity index (χ1v) is 6.77. The first kappa shape index (κ1) is 11.4. The summed E-state index contributed by atoms with van der Waals surface area (Å²) in [5, 5.41) is 15.8. The van der Waals surface area contributed by atoms with E-state index in [0.717, 1.165) is 23.1 Å². The van der Waals surface area contributed by atoms with Crippen LogP contribution in [0.2, 0.25) is 5.15 Å². The molecule has 0 spiro atoms. The molecule has 0 saturated heterocycles. The summed E-state index contributed by atoms with van der Waals surface area (Å²) >= 11 is 7.74. The molecular weight excluding hydrogens is 266 g/mol. The molecule has 0 aliphatic rings. The average Bonchev–Trinajstić information content (AvgIpc) is 2.92. The van der Waals surface area contributed by atoms with Crippen molar-refractivity contribution in [1.82, 2.24) is 10.2 Å². The number of anilines is 1. The second-order valence-electron chi connectivity index (χ2n) is 3.82. The fourth-order valence-electron chi connectivity index (χ4n) is 1.79. The van der Waals surface area contributed by atoms with Crippen LogP contribution < -0.4 is 5.32 Å². The lowest BCUT2D eigenvalue weighted by molar-refractivity contribution is 1.02. The number of nitrogens with zero attached hydrogens (tertiary/aromatic N) is 2. The molecule has 0 bridgehead atoms. The summed E-state index contributed by atoms with van der Waals surface area (Å²) in [5.41, 5.74) is 0. The fourth-order valence-corrected chi connectivity index (χ4v) is 2.63. The summed E-state index contributed by atoms with van der Waals surface area (Å²) in [5.74, 6) is 0.767. The monoisotopic (exact) mass is 275 g/mol. The van der Waals surface area contributed by atoms with Gasteiger partial charge in [-0.15, -0.1) is 21.5 Å². The number of rotatable bonds is 3. The van der Waals surface area contributed by atoms with E-state index in [4.69, 9.17) is 11.6 Å². The van der Waals surface area contributed by atoms with Crippen LogP contribution in [0.3, 0.4) is 0 Å². The van der Waals surface area contributed by atoms with Gasteiger partial charge >= 0.3 is 0 Å². The highest BCUT2D eigenvalue weighted by Gasteiger charge is 2.06. The summed E-state index contributed by atoms with van der Waals surface area (Å²) in [7, 11) is 0. The molecule has 1 aromatic carbocycles. The molecular formula is C13H10ClN3S. The van der Waals surface area contributed by atoms with Crippen LogP contribution in [0.25, 0.3) is 10.8 Å². The highest BCUT2D eigenvalue weighted by Crippen LogP contribution is 2.26. The molecule has 90 valence electrons. The van der Waals surface area contributed by atoms with Crippen LogP contribution in [-0.4, -0.2) is 10.2 Å². The Morgan fingerprint density at radius 1 is 1.06 bits per heavy atom. The van der Waals surface area contributed by atoms with Gasteiger partial charge in [-0.05, 0) is 11.4 Å². The van der Waals surface area contributed by atoms with Crippen LogP contribution in [0.1, 0.15) is 4.88 Å². The summed E-state index contributed by atoms with van der Waals surface area (Å²) in [6, 6.07) is 12.0. The Balaban J connectivity index is 1.94. The Labute approximate surface area is 113 Å². The molecule has 0 atom stereocenters. The van der Waals surface area contributed by atoms with Crippen molar-refractivity contribution in [3.05, 3.63) is 51.8 Å². The van der Waals surface area contributed by atoms with Gasteiger partial charge in [0, 0.05) is 15.6 Å². The molecule has 0 amide bonds. The van der Waals surface area contributed by atoms with Gasteiger partial charge in [0.15, 0.2) is 11.0 Å². The Hall–Kier alpha value is -1.65. The van der Waals surface area contributed by atoms with Gasteiger partial charge in [0.1, 0.15) is 0 Å². The lowest BCUT2D eigenvalue weighted by atomic mass is 10.2. The number of hydrogen-bond donors (Lipinski definition) is 1. The number of fused-ring (bicyclic) bond motifs is 1. The van der Waals surface area contributed by atoms with E-state index in [-0.39, 0.29) is 0 Å². The lowest BCUT2D eigenvalue weighted by Gasteiger charge is -2.07. The number of halogens is 1. The maximum Gasteiger partial charge on any atom is 0.159 e. The number of aromatic nitrogens is 2. The van der Waals surface area contributed by atoms with Crippen molar-refractivity contribution in [2.75, 3.05) is 5.32 Å². The molecule has 3 aromatic rings.